The predicted molar refractivity (Wildman–Crippen MR) is 128 cm³/mol. The van der Waals surface area contributed by atoms with Gasteiger partial charge in [0, 0.05) is 43.9 Å². The number of likely N-dealkylation sites (tertiary alicyclic amines) is 1. The number of hydrogen-bond acceptors (Lipinski definition) is 4. The van der Waals surface area contributed by atoms with E-state index in [1.165, 1.54) is 0 Å². The van der Waals surface area contributed by atoms with Crippen LogP contribution in [0.5, 0.6) is 0 Å². The highest BCUT2D eigenvalue weighted by Crippen LogP contribution is 2.36. The van der Waals surface area contributed by atoms with Gasteiger partial charge >= 0.3 is 0 Å². The van der Waals surface area contributed by atoms with Crippen LogP contribution in [0.15, 0.2) is 73.3 Å². The molecule has 2 amide bonds. The molecule has 0 atom stereocenters. The number of nitrogens with one attached hydrogen (secondary N) is 1. The third-order valence-corrected chi connectivity index (χ3v) is 6.31. The normalized spacial score (nSPS) is 15.3. The van der Waals surface area contributed by atoms with E-state index in [1.54, 1.807) is 30.7 Å². The van der Waals surface area contributed by atoms with E-state index < -0.39 is 5.41 Å². The summed E-state index contributed by atoms with van der Waals surface area (Å²) in [6.07, 6.45) is 8.77. The summed E-state index contributed by atoms with van der Waals surface area (Å²) in [5, 5.41) is 3.13. The molecule has 1 aliphatic rings. The number of benzene rings is 1. The van der Waals surface area contributed by atoms with Gasteiger partial charge in [-0.2, -0.15) is 0 Å². The van der Waals surface area contributed by atoms with Crippen LogP contribution in [0, 0.1) is 5.41 Å². The van der Waals surface area contributed by atoms with Crippen molar-refractivity contribution in [3.8, 4) is 11.1 Å². The first-order chi connectivity index (χ1) is 16.0. The molecule has 4 rings (SSSR count). The first kappa shape index (κ1) is 22.6. The average Bonchev–Trinajstić information content (AvgIpc) is 2.85. The first-order valence-corrected chi connectivity index (χ1v) is 11.5. The maximum Gasteiger partial charge on any atom is 0.255 e. The molecule has 170 valence electrons. The van der Waals surface area contributed by atoms with Gasteiger partial charge in [-0.15, -0.1) is 0 Å². The summed E-state index contributed by atoms with van der Waals surface area (Å²) in [5.41, 5.74) is 3.34. The molecule has 0 aliphatic carbocycles. The molecule has 3 heterocycles. The Kier molecular flexibility index (Phi) is 6.82. The number of hydrogen-bond donors (Lipinski definition) is 1. The fourth-order valence-electron chi connectivity index (χ4n) is 4.45. The van der Waals surface area contributed by atoms with E-state index in [0.29, 0.717) is 37.9 Å². The molecule has 0 bridgehead atoms. The van der Waals surface area contributed by atoms with Crippen LogP contribution < -0.4 is 5.32 Å². The summed E-state index contributed by atoms with van der Waals surface area (Å²) in [5.74, 6) is 0.0455. The van der Waals surface area contributed by atoms with Crippen molar-refractivity contribution < 1.29 is 9.59 Å². The molecule has 2 aromatic heterocycles. The van der Waals surface area contributed by atoms with Crippen molar-refractivity contribution in [3.05, 3.63) is 84.4 Å². The molecular formula is C27H30N4O2. The van der Waals surface area contributed by atoms with E-state index >= 15 is 0 Å². The van der Waals surface area contributed by atoms with Crippen molar-refractivity contribution in [1.29, 1.82) is 0 Å². The van der Waals surface area contributed by atoms with Gasteiger partial charge in [0.05, 0.1) is 11.0 Å². The topological polar surface area (TPSA) is 75.2 Å². The van der Waals surface area contributed by atoms with Gasteiger partial charge in [0.1, 0.15) is 0 Å². The molecule has 33 heavy (non-hydrogen) atoms. The molecule has 0 saturated carbocycles. The highest BCUT2D eigenvalue weighted by Gasteiger charge is 2.42. The Morgan fingerprint density at radius 3 is 2.18 bits per heavy atom. The summed E-state index contributed by atoms with van der Waals surface area (Å²) in [6.45, 7) is 5.06. The van der Waals surface area contributed by atoms with Gasteiger partial charge in [-0.3, -0.25) is 19.6 Å². The fraction of sp³-hybridized carbons (Fsp3) is 0.333. The zero-order valence-electron chi connectivity index (χ0n) is 19.2. The van der Waals surface area contributed by atoms with Crippen LogP contribution in [-0.2, 0) is 11.2 Å². The second-order valence-corrected chi connectivity index (χ2v) is 9.06. The van der Waals surface area contributed by atoms with Gasteiger partial charge in [0.15, 0.2) is 0 Å². The Morgan fingerprint density at radius 1 is 0.939 bits per heavy atom. The fourth-order valence-corrected chi connectivity index (χ4v) is 4.45. The van der Waals surface area contributed by atoms with Gasteiger partial charge in [-0.05, 0) is 68.0 Å². The lowest BCUT2D eigenvalue weighted by atomic mass is 9.72. The molecule has 1 aromatic carbocycles. The number of amides is 2. The molecule has 0 unspecified atom stereocenters. The van der Waals surface area contributed by atoms with E-state index in [9.17, 15) is 9.59 Å². The van der Waals surface area contributed by atoms with Crippen molar-refractivity contribution >= 4 is 11.8 Å². The molecule has 0 radical (unpaired) electrons. The lowest BCUT2D eigenvalue weighted by molar-refractivity contribution is -0.134. The largest absolute Gasteiger partial charge is 0.353 e. The molecule has 1 fully saturated rings. The molecule has 0 spiro atoms. The maximum absolute atomic E-state index is 13.3. The van der Waals surface area contributed by atoms with Gasteiger partial charge in [-0.25, -0.2) is 0 Å². The molecule has 1 aliphatic heterocycles. The number of nitrogens with zero attached hydrogens (tertiary/aromatic N) is 3. The maximum atomic E-state index is 13.3. The van der Waals surface area contributed by atoms with E-state index in [0.717, 1.165) is 16.7 Å². The molecular weight excluding hydrogens is 412 g/mol. The summed E-state index contributed by atoms with van der Waals surface area (Å²) < 4.78 is 0. The lowest BCUT2D eigenvalue weighted by Crippen LogP contribution is -2.52. The molecule has 3 aromatic rings. The average molecular weight is 443 g/mol. The highest BCUT2D eigenvalue weighted by molar-refractivity contribution is 5.94. The van der Waals surface area contributed by atoms with Crippen LogP contribution in [0.1, 0.15) is 42.6 Å². The Bertz CT molecular complexity index is 1070. The zero-order valence-corrected chi connectivity index (χ0v) is 19.2. The Morgan fingerprint density at radius 2 is 1.61 bits per heavy atom. The third-order valence-electron chi connectivity index (χ3n) is 6.31. The Hall–Kier alpha value is -3.54. The number of rotatable bonds is 6. The van der Waals surface area contributed by atoms with Crippen molar-refractivity contribution in [2.75, 3.05) is 13.1 Å². The number of carbonyl (C=O) groups excluding carboxylic acids is 2. The number of pyridine rings is 2. The minimum atomic E-state index is -0.536. The second-order valence-electron chi connectivity index (χ2n) is 9.06. The van der Waals surface area contributed by atoms with Gasteiger partial charge in [-0.1, -0.05) is 30.3 Å². The summed E-state index contributed by atoms with van der Waals surface area (Å²) in [4.78, 5) is 36.3. The van der Waals surface area contributed by atoms with Crippen molar-refractivity contribution in [2.45, 2.75) is 39.2 Å². The molecule has 6 heteroatoms. The molecule has 1 saturated heterocycles. The predicted octanol–water partition coefficient (Wildman–Crippen LogP) is 4.13. The van der Waals surface area contributed by atoms with Gasteiger partial charge < -0.3 is 10.2 Å². The lowest BCUT2D eigenvalue weighted by Gasteiger charge is -2.41. The standard InChI is InChI=1S/C27H30N4O2/c1-20(2)30-26(33)27(11-15-31(16-12-27)25(32)24-6-4-14-29-19-24)17-21-7-9-22(10-8-21)23-5-3-13-28-18-23/h3-10,13-14,18-20H,11-12,15-17H2,1-2H3,(H,30,33). The van der Waals surface area contributed by atoms with E-state index in [2.05, 4.69) is 39.6 Å². The molecule has 1 N–H and O–H groups in total. The monoisotopic (exact) mass is 442 g/mol. The SMILES string of the molecule is CC(C)NC(=O)C1(Cc2ccc(-c3cccnc3)cc2)CCN(C(=O)c2cccnc2)CC1. The van der Waals surface area contributed by atoms with Crippen LogP contribution in [0.3, 0.4) is 0 Å². The molecule has 6 nitrogen and oxygen atoms in total. The summed E-state index contributed by atoms with van der Waals surface area (Å²) in [6, 6.07) is 15.9. The highest BCUT2D eigenvalue weighted by atomic mass is 16.2. The smallest absolute Gasteiger partial charge is 0.255 e. The van der Waals surface area contributed by atoms with E-state index in [1.807, 2.05) is 37.1 Å². The number of carbonyl (C=O) groups is 2. The van der Waals surface area contributed by atoms with Gasteiger partial charge in [0.2, 0.25) is 5.91 Å². The number of piperidine rings is 1. The minimum absolute atomic E-state index is 0.0261. The quantitative estimate of drug-likeness (QED) is 0.623. The summed E-state index contributed by atoms with van der Waals surface area (Å²) >= 11 is 0. The third kappa shape index (κ3) is 5.28. The van der Waals surface area contributed by atoms with Crippen LogP contribution >= 0.6 is 0 Å². The first-order valence-electron chi connectivity index (χ1n) is 11.5. The second kappa shape index (κ2) is 9.94. The van der Waals surface area contributed by atoms with Crippen LogP contribution in [-0.4, -0.2) is 45.8 Å². The van der Waals surface area contributed by atoms with Crippen LogP contribution in [0.25, 0.3) is 11.1 Å². The van der Waals surface area contributed by atoms with Crippen LogP contribution in [0.4, 0.5) is 0 Å². The number of aromatic nitrogens is 2. The van der Waals surface area contributed by atoms with Crippen molar-refractivity contribution in [3.63, 3.8) is 0 Å². The van der Waals surface area contributed by atoms with Crippen LogP contribution in [0.2, 0.25) is 0 Å². The van der Waals surface area contributed by atoms with Gasteiger partial charge in [0.25, 0.3) is 5.91 Å². The van der Waals surface area contributed by atoms with Crippen molar-refractivity contribution in [2.24, 2.45) is 5.41 Å². The zero-order chi connectivity index (χ0) is 23.3. The minimum Gasteiger partial charge on any atom is -0.353 e. The Balaban J connectivity index is 1.51. The van der Waals surface area contributed by atoms with E-state index in [-0.39, 0.29) is 17.9 Å². The van der Waals surface area contributed by atoms with E-state index in [4.69, 9.17) is 0 Å². The Labute approximate surface area is 195 Å². The van der Waals surface area contributed by atoms with Crippen molar-refractivity contribution in [1.82, 2.24) is 20.2 Å². The summed E-state index contributed by atoms with van der Waals surface area (Å²) in [7, 11) is 0.